The van der Waals surface area contributed by atoms with Crippen LogP contribution in [-0.4, -0.2) is 0 Å². The third-order valence-corrected chi connectivity index (χ3v) is 10.7. The highest BCUT2D eigenvalue weighted by molar-refractivity contribution is 6.09. The lowest BCUT2D eigenvalue weighted by Crippen LogP contribution is -2.09. The molecular weight excluding hydrogens is 679 g/mol. The van der Waals surface area contributed by atoms with Gasteiger partial charge in [0.1, 0.15) is 11.2 Å². The molecule has 0 aliphatic heterocycles. The summed E-state index contributed by atoms with van der Waals surface area (Å²) < 4.78 is 6.41. The Kier molecular flexibility index (Phi) is 8.55. The van der Waals surface area contributed by atoms with Gasteiger partial charge >= 0.3 is 0 Å². The Morgan fingerprint density at radius 3 is 1.50 bits per heavy atom. The second-order valence-electron chi connectivity index (χ2n) is 14.1. The molecule has 9 aromatic carbocycles. The number of furan rings is 1. The number of hydrogen-bond donors (Lipinski definition) is 0. The van der Waals surface area contributed by atoms with Crippen LogP contribution in [0.2, 0.25) is 0 Å². The van der Waals surface area contributed by atoms with Crippen LogP contribution in [0.5, 0.6) is 0 Å². The predicted octanol–water partition coefficient (Wildman–Crippen LogP) is 15.4. The summed E-state index contributed by atoms with van der Waals surface area (Å²) in [4.78, 5) is 2.34. The van der Waals surface area contributed by atoms with Crippen LogP contribution in [0.1, 0.15) is 0 Å². The summed E-state index contributed by atoms with van der Waals surface area (Å²) in [6, 6.07) is 80.0. The molecule has 2 nitrogen and oxygen atoms in total. The molecule has 56 heavy (non-hydrogen) atoms. The van der Waals surface area contributed by atoms with Crippen molar-refractivity contribution < 1.29 is 4.42 Å². The van der Waals surface area contributed by atoms with E-state index in [4.69, 9.17) is 4.42 Å². The first-order chi connectivity index (χ1) is 27.8. The van der Waals surface area contributed by atoms with E-state index < -0.39 is 0 Å². The molecule has 10 rings (SSSR count). The van der Waals surface area contributed by atoms with Crippen molar-refractivity contribution in [3.05, 3.63) is 224 Å². The lowest BCUT2D eigenvalue weighted by molar-refractivity contribution is 0.670. The average molecular weight is 716 g/mol. The minimum absolute atomic E-state index is 0.905. The number of fused-ring (bicyclic) bond motifs is 3. The summed E-state index contributed by atoms with van der Waals surface area (Å²) >= 11 is 0. The molecule has 0 aliphatic rings. The van der Waals surface area contributed by atoms with Crippen LogP contribution in [0.25, 0.3) is 77.6 Å². The molecule has 2 heteroatoms. The highest BCUT2D eigenvalue weighted by atomic mass is 16.3. The summed E-state index contributed by atoms with van der Waals surface area (Å²) in [5.41, 5.74) is 16.8. The fraction of sp³-hybridized carbons (Fsp3) is 0. The molecule has 264 valence electrons. The van der Waals surface area contributed by atoms with Crippen LogP contribution in [-0.2, 0) is 0 Å². The van der Waals surface area contributed by atoms with Crippen LogP contribution in [0.4, 0.5) is 17.1 Å². The molecule has 0 bridgehead atoms. The zero-order chi connectivity index (χ0) is 37.3. The first kappa shape index (κ1) is 33.2. The smallest absolute Gasteiger partial charge is 0.143 e. The molecule has 0 atom stereocenters. The third-order valence-electron chi connectivity index (χ3n) is 10.7. The van der Waals surface area contributed by atoms with Gasteiger partial charge in [-0.05, 0) is 92.5 Å². The molecule has 0 amide bonds. The SMILES string of the molecule is c1ccc(-c2ccccc2-c2c(-c3ccccc3)cccc2-c2cccc(N(c3ccccc3)c3ccc(-c4cccc5c4oc4ccccc45)cc3)c2)cc1. The molecule has 0 radical (unpaired) electrons. The van der Waals surface area contributed by atoms with E-state index in [0.29, 0.717) is 0 Å². The largest absolute Gasteiger partial charge is 0.455 e. The Hall–Kier alpha value is -7.42. The van der Waals surface area contributed by atoms with E-state index in [1.807, 2.05) is 12.1 Å². The van der Waals surface area contributed by atoms with Crippen molar-refractivity contribution in [1.82, 2.24) is 0 Å². The van der Waals surface area contributed by atoms with Gasteiger partial charge in [0.2, 0.25) is 0 Å². The van der Waals surface area contributed by atoms with Gasteiger partial charge in [0.05, 0.1) is 0 Å². The van der Waals surface area contributed by atoms with Crippen molar-refractivity contribution in [2.75, 3.05) is 4.90 Å². The number of para-hydroxylation sites is 3. The average Bonchev–Trinajstić information content (AvgIpc) is 3.67. The minimum atomic E-state index is 0.905. The molecular formula is C54H37NO. The van der Waals surface area contributed by atoms with Gasteiger partial charge in [-0.15, -0.1) is 0 Å². The molecule has 0 aliphatic carbocycles. The van der Waals surface area contributed by atoms with Crippen molar-refractivity contribution in [1.29, 1.82) is 0 Å². The maximum Gasteiger partial charge on any atom is 0.143 e. The van der Waals surface area contributed by atoms with Gasteiger partial charge in [0, 0.05) is 33.4 Å². The Morgan fingerprint density at radius 1 is 0.286 bits per heavy atom. The number of benzene rings is 9. The molecule has 0 saturated carbocycles. The van der Waals surface area contributed by atoms with Gasteiger partial charge in [-0.1, -0.05) is 182 Å². The van der Waals surface area contributed by atoms with Crippen molar-refractivity contribution >= 4 is 39.0 Å². The van der Waals surface area contributed by atoms with E-state index in [9.17, 15) is 0 Å². The predicted molar refractivity (Wildman–Crippen MR) is 236 cm³/mol. The monoisotopic (exact) mass is 715 g/mol. The van der Waals surface area contributed by atoms with Gasteiger partial charge in [-0.3, -0.25) is 0 Å². The molecule has 0 unspecified atom stereocenters. The van der Waals surface area contributed by atoms with Crippen LogP contribution in [0.3, 0.4) is 0 Å². The highest BCUT2D eigenvalue weighted by Crippen LogP contribution is 2.46. The van der Waals surface area contributed by atoms with Gasteiger partial charge in [0.15, 0.2) is 0 Å². The van der Waals surface area contributed by atoms with Gasteiger partial charge in [-0.2, -0.15) is 0 Å². The summed E-state index contributed by atoms with van der Waals surface area (Å²) in [5, 5.41) is 2.27. The van der Waals surface area contributed by atoms with Crippen molar-refractivity contribution in [3.8, 4) is 55.6 Å². The van der Waals surface area contributed by atoms with Gasteiger partial charge < -0.3 is 9.32 Å². The number of nitrogens with zero attached hydrogens (tertiary/aromatic N) is 1. The van der Waals surface area contributed by atoms with Crippen molar-refractivity contribution in [2.45, 2.75) is 0 Å². The highest BCUT2D eigenvalue weighted by Gasteiger charge is 2.20. The maximum atomic E-state index is 6.41. The molecule has 1 aromatic heterocycles. The number of anilines is 3. The standard InChI is InChI=1S/C54H37NO/c1-4-17-38(18-5-1)45-25-10-11-27-50(45)53-46(39-19-6-2-7-20-39)28-15-29-47(53)41-21-14-24-44(37-41)55(42-22-8-3-9-23-42)43-35-33-40(34-36-43)48-30-16-31-51-49-26-12-13-32-52(49)56-54(48)51/h1-37H. The summed E-state index contributed by atoms with van der Waals surface area (Å²) in [6.07, 6.45) is 0. The zero-order valence-corrected chi connectivity index (χ0v) is 30.7. The van der Waals surface area contributed by atoms with E-state index in [-0.39, 0.29) is 0 Å². The normalized spacial score (nSPS) is 11.2. The quantitative estimate of drug-likeness (QED) is 0.156. The summed E-state index contributed by atoms with van der Waals surface area (Å²) in [6.45, 7) is 0. The van der Waals surface area contributed by atoms with Crippen LogP contribution in [0.15, 0.2) is 229 Å². The minimum Gasteiger partial charge on any atom is -0.455 e. The van der Waals surface area contributed by atoms with E-state index in [2.05, 4.69) is 217 Å². The first-order valence-electron chi connectivity index (χ1n) is 19.1. The Labute approximate surface area is 327 Å². The molecule has 0 fully saturated rings. The van der Waals surface area contributed by atoms with Crippen LogP contribution in [0, 0.1) is 0 Å². The fourth-order valence-corrected chi connectivity index (χ4v) is 8.11. The first-order valence-corrected chi connectivity index (χ1v) is 19.1. The maximum absolute atomic E-state index is 6.41. The molecule has 10 aromatic rings. The topological polar surface area (TPSA) is 16.4 Å². The number of rotatable bonds is 8. The van der Waals surface area contributed by atoms with Crippen LogP contribution >= 0.6 is 0 Å². The van der Waals surface area contributed by atoms with E-state index >= 15 is 0 Å². The Balaban J connectivity index is 1.11. The van der Waals surface area contributed by atoms with Crippen molar-refractivity contribution in [2.24, 2.45) is 0 Å². The van der Waals surface area contributed by atoms with Gasteiger partial charge in [-0.25, -0.2) is 0 Å². The number of hydrogen-bond acceptors (Lipinski definition) is 2. The van der Waals surface area contributed by atoms with Crippen LogP contribution < -0.4 is 4.90 Å². The second kappa shape index (κ2) is 14.4. The van der Waals surface area contributed by atoms with E-state index in [1.165, 1.54) is 38.9 Å². The van der Waals surface area contributed by atoms with Gasteiger partial charge in [0.25, 0.3) is 0 Å². The molecule has 0 N–H and O–H groups in total. The van der Waals surface area contributed by atoms with E-state index in [1.54, 1.807) is 0 Å². The lowest BCUT2D eigenvalue weighted by atomic mass is 9.84. The van der Waals surface area contributed by atoms with Crippen molar-refractivity contribution in [3.63, 3.8) is 0 Å². The molecule has 0 saturated heterocycles. The molecule has 1 heterocycles. The Morgan fingerprint density at radius 2 is 0.750 bits per heavy atom. The fourth-order valence-electron chi connectivity index (χ4n) is 8.11. The molecule has 0 spiro atoms. The zero-order valence-electron chi connectivity index (χ0n) is 30.7. The summed E-state index contributed by atoms with van der Waals surface area (Å²) in [7, 11) is 0. The lowest BCUT2D eigenvalue weighted by Gasteiger charge is -2.26. The Bertz CT molecular complexity index is 2950. The van der Waals surface area contributed by atoms with E-state index in [0.717, 1.165) is 55.7 Å². The second-order valence-corrected chi connectivity index (χ2v) is 14.1. The summed E-state index contributed by atoms with van der Waals surface area (Å²) in [5.74, 6) is 0. The third kappa shape index (κ3) is 6.04.